The maximum atomic E-state index is 11.7. The molecule has 0 fully saturated rings. The van der Waals surface area contributed by atoms with Crippen molar-refractivity contribution in [3.8, 4) is 0 Å². The number of hydrogen-bond donors (Lipinski definition) is 3. The molecule has 0 radical (unpaired) electrons. The molecule has 3 N–H and O–H groups in total. The highest BCUT2D eigenvalue weighted by molar-refractivity contribution is 5.85. The van der Waals surface area contributed by atoms with Gasteiger partial charge < -0.3 is 15.6 Å². The molecule has 2 aromatic rings. The highest BCUT2D eigenvalue weighted by Gasteiger charge is 2.11. The van der Waals surface area contributed by atoms with Gasteiger partial charge in [-0.3, -0.25) is 4.79 Å². The van der Waals surface area contributed by atoms with E-state index in [0.29, 0.717) is 13.1 Å². The number of nitrogens with zero attached hydrogens (tertiary/aromatic N) is 1. The topological polar surface area (TPSA) is 69.8 Å². The maximum absolute atomic E-state index is 11.7. The summed E-state index contributed by atoms with van der Waals surface area (Å²) in [4.78, 5) is 19.3. The lowest BCUT2D eigenvalue weighted by Crippen LogP contribution is -2.34. The van der Waals surface area contributed by atoms with E-state index in [0.717, 1.165) is 16.9 Å². The van der Waals surface area contributed by atoms with Crippen molar-refractivity contribution >= 4 is 41.8 Å². The van der Waals surface area contributed by atoms with Gasteiger partial charge in [0.05, 0.1) is 17.6 Å². The fourth-order valence-corrected chi connectivity index (χ4v) is 1.83. The number of benzene rings is 1. The maximum Gasteiger partial charge on any atom is 0.224 e. The molecule has 112 valence electrons. The van der Waals surface area contributed by atoms with Crippen molar-refractivity contribution < 1.29 is 4.79 Å². The first-order valence-corrected chi connectivity index (χ1v) is 6.06. The molecule has 20 heavy (non-hydrogen) atoms. The van der Waals surface area contributed by atoms with E-state index in [1.165, 1.54) is 0 Å². The van der Waals surface area contributed by atoms with Gasteiger partial charge in [0.25, 0.3) is 0 Å². The quantitative estimate of drug-likeness (QED) is 0.788. The fraction of sp³-hybridized carbons (Fsp3) is 0.385. The lowest BCUT2D eigenvalue weighted by molar-refractivity contribution is -0.124. The normalized spacial score (nSPS) is 11.3. The number of halogens is 2. The lowest BCUT2D eigenvalue weighted by Gasteiger charge is -2.10. The zero-order valence-corrected chi connectivity index (χ0v) is 13.1. The van der Waals surface area contributed by atoms with Gasteiger partial charge >= 0.3 is 0 Å². The number of amides is 1. The van der Waals surface area contributed by atoms with Crippen LogP contribution in [-0.4, -0.2) is 29.5 Å². The molecule has 0 spiro atoms. The summed E-state index contributed by atoms with van der Waals surface area (Å²) in [5.74, 6) is 0.769. The smallest absolute Gasteiger partial charge is 0.224 e. The zero-order chi connectivity index (χ0) is 13.0. The number of aromatic amines is 1. The number of imidazole rings is 1. The molecular weight excluding hydrogens is 299 g/mol. The van der Waals surface area contributed by atoms with Crippen LogP contribution in [0, 0.1) is 5.92 Å². The Hall–Kier alpha value is -1.30. The first-order valence-electron chi connectivity index (χ1n) is 6.06. The molecule has 0 bridgehead atoms. The van der Waals surface area contributed by atoms with E-state index in [1.54, 1.807) is 0 Å². The van der Waals surface area contributed by atoms with Crippen molar-refractivity contribution in [2.45, 2.75) is 13.5 Å². The first kappa shape index (κ1) is 18.7. The Morgan fingerprint density at radius 1 is 1.35 bits per heavy atom. The van der Waals surface area contributed by atoms with E-state index in [2.05, 4.69) is 20.6 Å². The number of H-pyrrole nitrogens is 1. The summed E-state index contributed by atoms with van der Waals surface area (Å²) in [6.45, 7) is 3.00. The lowest BCUT2D eigenvalue weighted by atomic mass is 10.1. The fourth-order valence-electron chi connectivity index (χ4n) is 1.83. The molecular formula is C13H20Cl2N4O. The number of carbonyl (C=O) groups excluding carboxylic acids is 1. The van der Waals surface area contributed by atoms with Gasteiger partial charge in [-0.1, -0.05) is 19.1 Å². The molecule has 5 nitrogen and oxygen atoms in total. The zero-order valence-electron chi connectivity index (χ0n) is 11.5. The van der Waals surface area contributed by atoms with Crippen molar-refractivity contribution in [1.29, 1.82) is 0 Å². The summed E-state index contributed by atoms with van der Waals surface area (Å²) < 4.78 is 0. The highest BCUT2D eigenvalue weighted by atomic mass is 35.5. The summed E-state index contributed by atoms with van der Waals surface area (Å²) in [6, 6.07) is 7.82. The van der Waals surface area contributed by atoms with E-state index in [9.17, 15) is 4.79 Å². The van der Waals surface area contributed by atoms with Crippen LogP contribution in [0.3, 0.4) is 0 Å². The summed E-state index contributed by atoms with van der Waals surface area (Å²) in [5.41, 5.74) is 1.91. The van der Waals surface area contributed by atoms with E-state index < -0.39 is 0 Å². The third-order valence-corrected chi connectivity index (χ3v) is 2.83. The van der Waals surface area contributed by atoms with Crippen LogP contribution < -0.4 is 10.6 Å². The molecule has 1 aromatic carbocycles. The molecule has 1 unspecified atom stereocenters. The minimum atomic E-state index is -0.0422. The molecule has 0 saturated heterocycles. The van der Waals surface area contributed by atoms with Crippen LogP contribution in [0.2, 0.25) is 0 Å². The van der Waals surface area contributed by atoms with Crippen LogP contribution in [0.25, 0.3) is 11.0 Å². The van der Waals surface area contributed by atoms with E-state index in [1.807, 2.05) is 38.2 Å². The van der Waals surface area contributed by atoms with Gasteiger partial charge in [0.15, 0.2) is 0 Å². The monoisotopic (exact) mass is 318 g/mol. The number of rotatable bonds is 5. The number of hydrogen-bond acceptors (Lipinski definition) is 3. The Balaban J connectivity index is 0.00000180. The van der Waals surface area contributed by atoms with E-state index >= 15 is 0 Å². The van der Waals surface area contributed by atoms with Crippen LogP contribution in [0.4, 0.5) is 0 Å². The molecule has 0 aliphatic rings. The average Bonchev–Trinajstić information content (AvgIpc) is 2.78. The first-order chi connectivity index (χ1) is 8.70. The Morgan fingerprint density at radius 3 is 2.70 bits per heavy atom. The third kappa shape index (κ3) is 4.67. The van der Waals surface area contributed by atoms with Crippen LogP contribution in [-0.2, 0) is 11.3 Å². The molecule has 1 aromatic heterocycles. The van der Waals surface area contributed by atoms with Crippen molar-refractivity contribution in [3.63, 3.8) is 0 Å². The SMILES string of the molecule is CNCC(C)C(=O)NCc1nc2ccccc2[nH]1.Cl.Cl. The minimum absolute atomic E-state index is 0. The van der Waals surface area contributed by atoms with Crippen molar-refractivity contribution in [2.24, 2.45) is 5.92 Å². The standard InChI is InChI=1S/C13H18N4O.2ClH/c1-9(7-14-2)13(18)15-8-12-16-10-5-3-4-6-11(10)17-12;;/h3-6,9,14H,7-8H2,1-2H3,(H,15,18)(H,16,17);2*1H. The van der Waals surface area contributed by atoms with E-state index in [4.69, 9.17) is 0 Å². The van der Waals surface area contributed by atoms with Gasteiger partial charge in [-0.15, -0.1) is 24.8 Å². The molecule has 0 aliphatic heterocycles. The summed E-state index contributed by atoms with van der Waals surface area (Å²) in [5, 5.41) is 5.86. The second-order valence-electron chi connectivity index (χ2n) is 4.38. The van der Waals surface area contributed by atoms with Crippen LogP contribution in [0.1, 0.15) is 12.7 Å². The molecule has 1 atom stereocenters. The van der Waals surface area contributed by atoms with Gasteiger partial charge in [0.1, 0.15) is 5.82 Å². The average molecular weight is 319 g/mol. The van der Waals surface area contributed by atoms with E-state index in [-0.39, 0.29) is 36.6 Å². The molecule has 0 aliphatic carbocycles. The van der Waals surface area contributed by atoms with Crippen molar-refractivity contribution in [2.75, 3.05) is 13.6 Å². The molecule has 1 heterocycles. The van der Waals surface area contributed by atoms with Crippen molar-refractivity contribution in [3.05, 3.63) is 30.1 Å². The van der Waals surface area contributed by atoms with Crippen LogP contribution in [0.15, 0.2) is 24.3 Å². The summed E-state index contributed by atoms with van der Waals surface area (Å²) >= 11 is 0. The Kier molecular flexibility index (Phi) is 8.22. The second kappa shape index (κ2) is 8.79. The van der Waals surface area contributed by atoms with Gasteiger partial charge in [-0.05, 0) is 19.2 Å². The molecule has 7 heteroatoms. The molecule has 2 rings (SSSR count). The van der Waals surface area contributed by atoms with Gasteiger partial charge in [-0.25, -0.2) is 4.98 Å². The third-order valence-electron chi connectivity index (χ3n) is 2.83. The van der Waals surface area contributed by atoms with Crippen LogP contribution >= 0.6 is 24.8 Å². The highest BCUT2D eigenvalue weighted by Crippen LogP contribution is 2.09. The largest absolute Gasteiger partial charge is 0.349 e. The Labute approximate surface area is 130 Å². The van der Waals surface area contributed by atoms with Crippen LogP contribution in [0.5, 0.6) is 0 Å². The Bertz CT molecular complexity index is 511. The molecule has 0 saturated carbocycles. The summed E-state index contributed by atoms with van der Waals surface area (Å²) in [7, 11) is 1.84. The van der Waals surface area contributed by atoms with Crippen molar-refractivity contribution in [1.82, 2.24) is 20.6 Å². The predicted octanol–water partition coefficient (Wildman–Crippen LogP) is 1.88. The van der Waals surface area contributed by atoms with Gasteiger partial charge in [0, 0.05) is 12.5 Å². The van der Waals surface area contributed by atoms with Gasteiger partial charge in [0.2, 0.25) is 5.91 Å². The predicted molar refractivity (Wildman–Crippen MR) is 85.5 cm³/mol. The van der Waals surface area contributed by atoms with Gasteiger partial charge in [-0.2, -0.15) is 0 Å². The minimum Gasteiger partial charge on any atom is -0.349 e. The number of aromatic nitrogens is 2. The number of carbonyl (C=O) groups is 1. The number of nitrogens with one attached hydrogen (secondary N) is 3. The second-order valence-corrected chi connectivity index (χ2v) is 4.38. The summed E-state index contributed by atoms with van der Waals surface area (Å²) in [6.07, 6.45) is 0. The molecule has 1 amide bonds. The number of fused-ring (bicyclic) bond motifs is 1. The number of para-hydroxylation sites is 2. The Morgan fingerprint density at radius 2 is 2.05 bits per heavy atom.